The van der Waals surface area contributed by atoms with Crippen molar-refractivity contribution in [2.75, 3.05) is 26.4 Å². The largest absolute Gasteiger partial charge is 0.494 e. The van der Waals surface area contributed by atoms with Crippen LogP contribution in [0.4, 0.5) is 0 Å². The van der Waals surface area contributed by atoms with Gasteiger partial charge < -0.3 is 23.9 Å². The highest BCUT2D eigenvalue weighted by molar-refractivity contribution is 7.89. The van der Waals surface area contributed by atoms with Crippen molar-refractivity contribution in [1.29, 1.82) is 0 Å². The molecule has 0 aliphatic heterocycles. The summed E-state index contributed by atoms with van der Waals surface area (Å²) in [6, 6.07) is 9.13. The Bertz CT molecular complexity index is 905. The normalized spacial score (nSPS) is 10.9. The number of nitrogens with two attached hydrogens (primary N) is 1. The van der Waals surface area contributed by atoms with Crippen LogP contribution in [-0.4, -0.2) is 46.7 Å². The molecule has 1 aromatic heterocycles. The minimum absolute atomic E-state index is 0.194. The van der Waals surface area contributed by atoms with Crippen LogP contribution < -0.4 is 19.9 Å². The number of carbonyl (C=O) groups excluding carboxylic acids is 2. The van der Waals surface area contributed by atoms with Gasteiger partial charge in [0, 0.05) is 0 Å². The third-order valence-electron chi connectivity index (χ3n) is 3.22. The molecule has 0 bridgehead atoms. The summed E-state index contributed by atoms with van der Waals surface area (Å²) in [7, 11) is -4.06. The van der Waals surface area contributed by atoms with E-state index in [4.69, 9.17) is 23.8 Å². The number of rotatable bonds is 10. The first kappa shape index (κ1) is 21.3. The van der Waals surface area contributed by atoms with Crippen molar-refractivity contribution in [3.05, 3.63) is 42.2 Å². The molecule has 0 atom stereocenters. The van der Waals surface area contributed by atoms with Crippen LogP contribution in [0.2, 0.25) is 0 Å². The van der Waals surface area contributed by atoms with E-state index in [9.17, 15) is 18.0 Å². The van der Waals surface area contributed by atoms with Gasteiger partial charge in [-0.1, -0.05) is 0 Å². The monoisotopic (exact) mass is 412 g/mol. The van der Waals surface area contributed by atoms with E-state index < -0.39 is 33.6 Å². The average molecular weight is 412 g/mol. The van der Waals surface area contributed by atoms with Gasteiger partial charge in [-0.25, -0.2) is 18.4 Å². The van der Waals surface area contributed by atoms with Gasteiger partial charge in [0.1, 0.15) is 18.1 Å². The summed E-state index contributed by atoms with van der Waals surface area (Å²) in [6.45, 7) is 2.31. The molecule has 0 fully saturated rings. The number of benzene rings is 1. The van der Waals surface area contributed by atoms with E-state index >= 15 is 0 Å². The summed E-state index contributed by atoms with van der Waals surface area (Å²) in [4.78, 5) is 23.4. The van der Waals surface area contributed by atoms with Crippen molar-refractivity contribution in [1.82, 2.24) is 5.32 Å². The van der Waals surface area contributed by atoms with Crippen LogP contribution >= 0.6 is 0 Å². The van der Waals surface area contributed by atoms with Gasteiger partial charge in [-0.15, -0.1) is 0 Å². The van der Waals surface area contributed by atoms with Crippen LogP contribution in [0.25, 0.3) is 0 Å². The lowest BCUT2D eigenvalue weighted by Gasteiger charge is -2.09. The van der Waals surface area contributed by atoms with Gasteiger partial charge in [-0.2, -0.15) is 0 Å². The van der Waals surface area contributed by atoms with E-state index in [1.165, 1.54) is 0 Å². The van der Waals surface area contributed by atoms with Crippen LogP contribution in [0.1, 0.15) is 17.5 Å². The Morgan fingerprint density at radius 2 is 1.71 bits per heavy atom. The lowest BCUT2D eigenvalue weighted by Crippen LogP contribution is -2.32. The Balaban J connectivity index is 1.67. The van der Waals surface area contributed by atoms with Gasteiger partial charge in [-0.05, 0) is 43.3 Å². The quantitative estimate of drug-likeness (QED) is 0.428. The molecule has 10 nitrogen and oxygen atoms in total. The molecule has 2 aromatic rings. The van der Waals surface area contributed by atoms with Crippen LogP contribution in [-0.2, 0) is 19.6 Å². The van der Waals surface area contributed by atoms with Gasteiger partial charge >= 0.3 is 5.97 Å². The summed E-state index contributed by atoms with van der Waals surface area (Å²) >= 11 is 0. The maximum absolute atomic E-state index is 11.7. The molecule has 28 heavy (non-hydrogen) atoms. The summed E-state index contributed by atoms with van der Waals surface area (Å²) in [5.74, 6) is -0.571. The van der Waals surface area contributed by atoms with Crippen molar-refractivity contribution >= 4 is 21.9 Å². The molecule has 152 valence electrons. The number of hydrogen-bond donors (Lipinski definition) is 2. The van der Waals surface area contributed by atoms with Gasteiger partial charge in [0.2, 0.25) is 10.9 Å². The molecule has 1 amide bonds. The first-order valence-corrected chi connectivity index (χ1v) is 9.76. The van der Waals surface area contributed by atoms with Crippen molar-refractivity contribution in [3.8, 4) is 11.5 Å². The second-order valence-corrected chi connectivity index (χ2v) is 6.84. The summed E-state index contributed by atoms with van der Waals surface area (Å²) < 4.78 is 42.4. The molecular formula is C17H20N2O8S. The molecule has 3 N–H and O–H groups in total. The highest BCUT2D eigenvalue weighted by Gasteiger charge is 2.19. The maximum Gasteiger partial charge on any atom is 0.374 e. The summed E-state index contributed by atoms with van der Waals surface area (Å²) in [5, 5.41) is 6.80. The maximum atomic E-state index is 11.7. The molecule has 11 heteroatoms. The smallest absolute Gasteiger partial charge is 0.374 e. The third-order valence-corrected chi connectivity index (χ3v) is 4.01. The predicted octanol–water partition coefficient (Wildman–Crippen LogP) is 0.678. The fraction of sp³-hybridized carbons (Fsp3) is 0.294. The van der Waals surface area contributed by atoms with Crippen molar-refractivity contribution in [2.45, 2.75) is 12.0 Å². The molecule has 0 saturated carbocycles. The lowest BCUT2D eigenvalue weighted by atomic mass is 10.3. The minimum Gasteiger partial charge on any atom is -0.494 e. The molecular weight excluding hydrogens is 392 g/mol. The number of primary sulfonamides is 1. The van der Waals surface area contributed by atoms with Gasteiger partial charge in [-0.3, -0.25) is 4.79 Å². The van der Waals surface area contributed by atoms with Gasteiger partial charge in [0.15, 0.2) is 6.61 Å². The van der Waals surface area contributed by atoms with Crippen LogP contribution in [0.3, 0.4) is 0 Å². The fourth-order valence-corrected chi connectivity index (χ4v) is 2.46. The first-order valence-electron chi connectivity index (χ1n) is 8.21. The van der Waals surface area contributed by atoms with Gasteiger partial charge in [0.25, 0.3) is 15.9 Å². The number of sulfonamides is 1. The molecule has 2 rings (SSSR count). The van der Waals surface area contributed by atoms with E-state index in [2.05, 4.69) is 5.32 Å². The molecule has 1 aromatic carbocycles. The SMILES string of the molecule is CCOc1ccc(OCCNC(=O)COC(=O)c2ccc(S(N)(=O)=O)o2)cc1. The van der Waals surface area contributed by atoms with Crippen molar-refractivity contribution in [2.24, 2.45) is 5.14 Å². The zero-order chi connectivity index (χ0) is 20.6. The topological polar surface area (TPSA) is 147 Å². The molecule has 0 aliphatic carbocycles. The molecule has 0 radical (unpaired) electrons. The van der Waals surface area contributed by atoms with E-state index in [0.29, 0.717) is 12.4 Å². The first-order chi connectivity index (χ1) is 13.3. The Hall–Kier alpha value is -3.05. The van der Waals surface area contributed by atoms with Crippen LogP contribution in [0.5, 0.6) is 11.5 Å². The van der Waals surface area contributed by atoms with E-state index in [1.54, 1.807) is 24.3 Å². The Morgan fingerprint density at radius 3 is 2.29 bits per heavy atom. The zero-order valence-corrected chi connectivity index (χ0v) is 15.9. The zero-order valence-electron chi connectivity index (χ0n) is 15.0. The molecule has 0 unspecified atom stereocenters. The highest BCUT2D eigenvalue weighted by Crippen LogP contribution is 2.17. The Labute approximate surface area is 161 Å². The van der Waals surface area contributed by atoms with E-state index in [0.717, 1.165) is 17.9 Å². The number of hydrogen-bond acceptors (Lipinski definition) is 8. The number of nitrogens with one attached hydrogen (secondary N) is 1. The summed E-state index contributed by atoms with van der Waals surface area (Å²) in [6.07, 6.45) is 0. The van der Waals surface area contributed by atoms with Crippen LogP contribution in [0, 0.1) is 0 Å². The lowest BCUT2D eigenvalue weighted by molar-refractivity contribution is -0.124. The van der Waals surface area contributed by atoms with Gasteiger partial charge in [0.05, 0.1) is 13.2 Å². The number of amides is 1. The fourth-order valence-electron chi connectivity index (χ4n) is 1.99. The number of carbonyl (C=O) groups is 2. The molecule has 1 heterocycles. The molecule has 0 spiro atoms. The average Bonchev–Trinajstić information content (AvgIpc) is 3.15. The standard InChI is InChI=1S/C17H20N2O8S/c1-2-24-12-3-5-13(6-4-12)25-10-9-19-15(20)11-26-17(21)14-7-8-16(27-14)28(18,22)23/h3-8H,2,9-11H2,1H3,(H,19,20)(H2,18,22,23). The second-order valence-electron chi connectivity index (χ2n) is 5.34. The predicted molar refractivity (Wildman–Crippen MR) is 96.5 cm³/mol. The third kappa shape index (κ3) is 6.59. The van der Waals surface area contributed by atoms with Crippen LogP contribution in [0.15, 0.2) is 45.9 Å². The van der Waals surface area contributed by atoms with E-state index in [-0.39, 0.29) is 18.9 Å². The summed E-state index contributed by atoms with van der Waals surface area (Å²) in [5.41, 5.74) is 0. The molecule has 0 aliphatic rings. The van der Waals surface area contributed by atoms with Crippen molar-refractivity contribution in [3.63, 3.8) is 0 Å². The second kappa shape index (κ2) is 9.76. The van der Waals surface area contributed by atoms with Crippen molar-refractivity contribution < 1.29 is 36.6 Å². The number of furan rings is 1. The number of ether oxygens (including phenoxy) is 3. The Kier molecular flexibility index (Phi) is 7.41. The van der Waals surface area contributed by atoms with E-state index in [1.807, 2.05) is 6.92 Å². The minimum atomic E-state index is -4.06. The highest BCUT2D eigenvalue weighted by atomic mass is 32.2. The Morgan fingerprint density at radius 1 is 1.07 bits per heavy atom. The number of esters is 1. The molecule has 0 saturated heterocycles.